The van der Waals surface area contributed by atoms with Gasteiger partial charge < -0.3 is 0 Å². The smallest absolute Gasteiger partial charge is 0.282 e. The molecular formula is C12H15N3O3S. The molecule has 0 saturated carbocycles. The number of nitrogens with one attached hydrogen (secondary N) is 1. The van der Waals surface area contributed by atoms with Crippen molar-refractivity contribution in [1.29, 1.82) is 5.41 Å². The minimum absolute atomic E-state index is 0.0260. The third-order valence-corrected chi connectivity index (χ3v) is 3.48. The Morgan fingerprint density at radius 2 is 1.47 bits per heavy atom. The van der Waals surface area contributed by atoms with E-state index >= 15 is 0 Å². The van der Waals surface area contributed by atoms with Crippen molar-refractivity contribution in [3.8, 4) is 0 Å². The van der Waals surface area contributed by atoms with Crippen molar-refractivity contribution in [2.24, 2.45) is 9.98 Å². The Hall–Kier alpha value is -1.86. The number of rotatable bonds is 1. The molecule has 6 nitrogen and oxygen atoms in total. The molecule has 0 unspecified atom stereocenters. The quantitative estimate of drug-likeness (QED) is 0.769. The SMILES string of the molecule is Cc1cc(C)c(S(=O)(=O)O)c(C)c1.N=C1N=CC=N1. The maximum absolute atomic E-state index is 10.9. The van der Waals surface area contributed by atoms with Gasteiger partial charge in [0.2, 0.25) is 5.96 Å². The van der Waals surface area contributed by atoms with Gasteiger partial charge in [-0.05, 0) is 31.9 Å². The normalized spacial score (nSPS) is 13.4. The topological polar surface area (TPSA) is 103 Å². The number of nitrogens with zero attached hydrogens (tertiary/aromatic N) is 2. The third-order valence-electron chi connectivity index (χ3n) is 2.32. The first-order chi connectivity index (χ1) is 8.71. The average molecular weight is 281 g/mol. The van der Waals surface area contributed by atoms with Gasteiger partial charge in [-0.2, -0.15) is 8.42 Å². The number of aryl methyl sites for hydroxylation is 3. The van der Waals surface area contributed by atoms with E-state index in [1.54, 1.807) is 26.0 Å². The van der Waals surface area contributed by atoms with Crippen LogP contribution in [0.4, 0.5) is 0 Å². The van der Waals surface area contributed by atoms with Crippen LogP contribution in [0.1, 0.15) is 16.7 Å². The molecule has 1 aliphatic rings. The molecule has 0 atom stereocenters. The van der Waals surface area contributed by atoms with E-state index in [1.165, 1.54) is 12.4 Å². The van der Waals surface area contributed by atoms with Gasteiger partial charge in [-0.3, -0.25) is 9.96 Å². The zero-order chi connectivity index (χ0) is 14.6. The molecule has 0 aromatic heterocycles. The fraction of sp³-hybridized carbons (Fsp3) is 0.250. The molecule has 19 heavy (non-hydrogen) atoms. The number of benzene rings is 1. The summed E-state index contributed by atoms with van der Waals surface area (Å²) < 4.78 is 30.8. The van der Waals surface area contributed by atoms with Crippen LogP contribution in [0.15, 0.2) is 27.0 Å². The predicted octanol–water partition coefficient (Wildman–Crippen LogP) is 1.93. The summed E-state index contributed by atoms with van der Waals surface area (Å²) in [5.41, 5.74) is 2.16. The van der Waals surface area contributed by atoms with Crippen LogP contribution in [-0.2, 0) is 10.1 Å². The monoisotopic (exact) mass is 281 g/mol. The lowest BCUT2D eigenvalue weighted by molar-refractivity contribution is 0.482. The first-order valence-electron chi connectivity index (χ1n) is 5.42. The van der Waals surface area contributed by atoms with Crippen LogP contribution in [0.2, 0.25) is 0 Å². The first kappa shape index (κ1) is 15.2. The van der Waals surface area contributed by atoms with Crippen LogP contribution in [0.3, 0.4) is 0 Å². The minimum atomic E-state index is -4.08. The van der Waals surface area contributed by atoms with Crippen LogP contribution in [0.5, 0.6) is 0 Å². The van der Waals surface area contributed by atoms with Gasteiger partial charge in [0.15, 0.2) is 0 Å². The first-order valence-corrected chi connectivity index (χ1v) is 6.86. The van der Waals surface area contributed by atoms with E-state index in [0.29, 0.717) is 11.1 Å². The van der Waals surface area contributed by atoms with E-state index in [2.05, 4.69) is 9.98 Å². The fourth-order valence-corrected chi connectivity index (χ4v) is 2.75. The molecule has 102 valence electrons. The second-order valence-corrected chi connectivity index (χ2v) is 5.44. The van der Waals surface area contributed by atoms with Gasteiger partial charge in [-0.15, -0.1) is 0 Å². The van der Waals surface area contributed by atoms with Gasteiger partial charge in [0.05, 0.1) is 4.90 Å². The van der Waals surface area contributed by atoms with Gasteiger partial charge in [0, 0.05) is 12.4 Å². The highest BCUT2D eigenvalue weighted by Crippen LogP contribution is 2.20. The summed E-state index contributed by atoms with van der Waals surface area (Å²) in [7, 11) is -4.08. The zero-order valence-electron chi connectivity index (χ0n) is 10.9. The third kappa shape index (κ3) is 4.38. The van der Waals surface area contributed by atoms with Crippen LogP contribution < -0.4 is 0 Å². The van der Waals surface area contributed by atoms with Gasteiger partial charge >= 0.3 is 0 Å². The molecule has 0 fully saturated rings. The Morgan fingerprint density at radius 1 is 1.05 bits per heavy atom. The van der Waals surface area contributed by atoms with Crippen LogP contribution in [-0.4, -0.2) is 31.4 Å². The van der Waals surface area contributed by atoms with Crippen molar-refractivity contribution in [1.82, 2.24) is 0 Å². The Labute approximate surface area is 112 Å². The lowest BCUT2D eigenvalue weighted by atomic mass is 10.1. The highest BCUT2D eigenvalue weighted by atomic mass is 32.2. The Kier molecular flexibility index (Phi) is 4.68. The number of guanidine groups is 1. The maximum Gasteiger partial charge on any atom is 0.295 e. The van der Waals surface area contributed by atoms with E-state index in [0.717, 1.165) is 5.56 Å². The van der Waals surface area contributed by atoms with Gasteiger partial charge in [0.25, 0.3) is 10.1 Å². The standard InChI is InChI=1S/C9H12O3S.C3H3N3/c1-6-4-7(2)9(8(3)5-6)13(10,11)12;4-3-5-1-2-6-3/h4-5H,1-3H3,(H,10,11,12);1-2,4H. The highest BCUT2D eigenvalue weighted by Gasteiger charge is 2.15. The Bertz CT molecular complexity index is 624. The van der Waals surface area contributed by atoms with Crippen molar-refractivity contribution < 1.29 is 13.0 Å². The van der Waals surface area contributed by atoms with Gasteiger partial charge in [0.1, 0.15) is 0 Å². The summed E-state index contributed by atoms with van der Waals surface area (Å²) in [5.74, 6) is 0.0926. The largest absolute Gasteiger partial charge is 0.295 e. The van der Waals surface area contributed by atoms with Crippen LogP contribution in [0.25, 0.3) is 0 Å². The van der Waals surface area contributed by atoms with E-state index in [1.807, 2.05) is 6.92 Å². The second-order valence-electron chi connectivity index (χ2n) is 4.08. The molecule has 1 heterocycles. The molecule has 0 saturated heterocycles. The lowest BCUT2D eigenvalue weighted by Crippen LogP contribution is -2.04. The molecule has 0 bridgehead atoms. The molecule has 1 aromatic carbocycles. The molecular weight excluding hydrogens is 266 g/mol. The molecule has 0 amide bonds. The summed E-state index contributed by atoms with van der Waals surface area (Å²) in [5, 5.41) is 6.65. The molecule has 2 rings (SSSR count). The molecule has 7 heteroatoms. The summed E-state index contributed by atoms with van der Waals surface area (Å²) in [4.78, 5) is 6.97. The van der Waals surface area contributed by atoms with E-state index in [-0.39, 0.29) is 10.9 Å². The van der Waals surface area contributed by atoms with Gasteiger partial charge in [-0.1, -0.05) is 17.7 Å². The van der Waals surface area contributed by atoms with Crippen molar-refractivity contribution in [3.63, 3.8) is 0 Å². The van der Waals surface area contributed by atoms with E-state index in [9.17, 15) is 8.42 Å². The summed E-state index contributed by atoms with van der Waals surface area (Å²) in [6.07, 6.45) is 2.98. The second kappa shape index (κ2) is 5.85. The Morgan fingerprint density at radius 3 is 1.74 bits per heavy atom. The highest BCUT2D eigenvalue weighted by molar-refractivity contribution is 7.86. The molecule has 0 aliphatic carbocycles. The number of hydrogen-bond acceptors (Lipinski definition) is 3. The van der Waals surface area contributed by atoms with Crippen molar-refractivity contribution >= 4 is 28.5 Å². The molecule has 0 radical (unpaired) electrons. The Balaban J connectivity index is 0.000000250. The van der Waals surface area contributed by atoms with Crippen LogP contribution >= 0.6 is 0 Å². The van der Waals surface area contributed by atoms with Crippen LogP contribution in [0, 0.1) is 26.2 Å². The summed E-state index contributed by atoms with van der Waals surface area (Å²) in [6.45, 7) is 5.22. The molecule has 0 spiro atoms. The van der Waals surface area contributed by atoms with E-state index in [4.69, 9.17) is 9.96 Å². The summed E-state index contributed by atoms with van der Waals surface area (Å²) >= 11 is 0. The predicted molar refractivity (Wildman–Crippen MR) is 75.2 cm³/mol. The fourth-order valence-electron chi connectivity index (χ4n) is 1.81. The van der Waals surface area contributed by atoms with Crippen molar-refractivity contribution in [2.75, 3.05) is 0 Å². The zero-order valence-corrected chi connectivity index (χ0v) is 11.7. The van der Waals surface area contributed by atoms with Crippen molar-refractivity contribution in [3.05, 3.63) is 28.8 Å². The average Bonchev–Trinajstić information content (AvgIpc) is 2.65. The number of aliphatic imine (C=N–C) groups is 2. The molecule has 2 N–H and O–H groups in total. The van der Waals surface area contributed by atoms with Gasteiger partial charge in [-0.25, -0.2) is 9.98 Å². The lowest BCUT2D eigenvalue weighted by Gasteiger charge is -2.07. The van der Waals surface area contributed by atoms with Crippen molar-refractivity contribution in [2.45, 2.75) is 25.7 Å². The minimum Gasteiger partial charge on any atom is -0.282 e. The molecule has 1 aromatic rings. The maximum atomic E-state index is 10.9. The number of hydrogen-bond donors (Lipinski definition) is 2. The van der Waals surface area contributed by atoms with E-state index < -0.39 is 10.1 Å². The molecule has 1 aliphatic heterocycles. The summed E-state index contributed by atoms with van der Waals surface area (Å²) in [6, 6.07) is 3.46.